The predicted octanol–water partition coefficient (Wildman–Crippen LogP) is 3.97. The van der Waals surface area contributed by atoms with Gasteiger partial charge in [-0.25, -0.2) is 9.18 Å². The Morgan fingerprint density at radius 3 is 2.42 bits per heavy atom. The van der Waals surface area contributed by atoms with Crippen LogP contribution in [0.2, 0.25) is 0 Å². The molecular formula is C22H20FN3O5. The van der Waals surface area contributed by atoms with Crippen LogP contribution >= 0.6 is 0 Å². The Bertz CT molecular complexity index is 1240. The second kappa shape index (κ2) is 7.82. The van der Waals surface area contributed by atoms with E-state index in [4.69, 9.17) is 0 Å². The van der Waals surface area contributed by atoms with Gasteiger partial charge in [0.2, 0.25) is 5.43 Å². The van der Waals surface area contributed by atoms with Crippen LogP contribution in [0, 0.1) is 21.8 Å². The number of pyridine rings is 1. The second-order valence-electron chi connectivity index (χ2n) is 7.81. The van der Waals surface area contributed by atoms with Crippen molar-refractivity contribution in [2.75, 3.05) is 18.0 Å². The van der Waals surface area contributed by atoms with Gasteiger partial charge in [-0.1, -0.05) is 6.92 Å². The summed E-state index contributed by atoms with van der Waals surface area (Å²) in [7, 11) is 0. The third kappa shape index (κ3) is 3.74. The maximum atomic E-state index is 15.0. The summed E-state index contributed by atoms with van der Waals surface area (Å²) >= 11 is 0. The highest BCUT2D eigenvalue weighted by molar-refractivity contribution is 5.94. The number of hydrogen-bond acceptors (Lipinski definition) is 5. The lowest BCUT2D eigenvalue weighted by atomic mass is 9.98. The van der Waals surface area contributed by atoms with E-state index >= 15 is 0 Å². The molecule has 4 rings (SSSR count). The second-order valence-corrected chi connectivity index (χ2v) is 7.81. The van der Waals surface area contributed by atoms with Gasteiger partial charge in [0.1, 0.15) is 11.4 Å². The first kappa shape index (κ1) is 20.5. The molecular weight excluding hydrogens is 405 g/mol. The van der Waals surface area contributed by atoms with Crippen molar-refractivity contribution in [3.8, 4) is 5.69 Å². The zero-order chi connectivity index (χ0) is 22.3. The number of hydrogen-bond donors (Lipinski definition) is 1. The zero-order valence-corrected chi connectivity index (χ0v) is 16.7. The van der Waals surface area contributed by atoms with E-state index < -0.39 is 27.7 Å². The molecule has 0 atom stereocenters. The van der Waals surface area contributed by atoms with Gasteiger partial charge in [0.05, 0.1) is 16.1 Å². The quantitative estimate of drug-likeness (QED) is 0.501. The number of nitrogens with zero attached hydrogens (tertiary/aromatic N) is 3. The highest BCUT2D eigenvalue weighted by Crippen LogP contribution is 2.30. The van der Waals surface area contributed by atoms with Crippen molar-refractivity contribution >= 4 is 28.2 Å². The Morgan fingerprint density at radius 1 is 1.19 bits per heavy atom. The number of halogens is 1. The molecule has 0 bridgehead atoms. The molecule has 9 heteroatoms. The summed E-state index contributed by atoms with van der Waals surface area (Å²) in [5.41, 5.74) is -0.316. The molecule has 1 aliphatic rings. The zero-order valence-electron chi connectivity index (χ0n) is 16.7. The van der Waals surface area contributed by atoms with Crippen LogP contribution in [-0.2, 0) is 0 Å². The highest BCUT2D eigenvalue weighted by atomic mass is 19.1. The van der Waals surface area contributed by atoms with Gasteiger partial charge < -0.3 is 14.6 Å². The third-order valence-electron chi connectivity index (χ3n) is 5.77. The lowest BCUT2D eigenvalue weighted by Gasteiger charge is -2.32. The number of carboxylic acid groups (broad SMARTS) is 1. The van der Waals surface area contributed by atoms with Gasteiger partial charge in [-0.2, -0.15) is 0 Å². The van der Waals surface area contributed by atoms with E-state index in [2.05, 4.69) is 6.92 Å². The first-order valence-corrected chi connectivity index (χ1v) is 9.88. The molecule has 0 spiro atoms. The van der Waals surface area contributed by atoms with Gasteiger partial charge in [-0.3, -0.25) is 14.9 Å². The summed E-state index contributed by atoms with van der Waals surface area (Å²) in [5.74, 6) is -1.47. The molecule has 2 aromatic carbocycles. The van der Waals surface area contributed by atoms with Crippen LogP contribution in [0.15, 0.2) is 47.4 Å². The van der Waals surface area contributed by atoms with Crippen LogP contribution in [0.1, 0.15) is 30.1 Å². The molecule has 1 aromatic heterocycles. The summed E-state index contributed by atoms with van der Waals surface area (Å²) in [5, 5.41) is 20.4. The van der Waals surface area contributed by atoms with Gasteiger partial charge in [0.15, 0.2) is 0 Å². The largest absolute Gasteiger partial charge is 0.477 e. The van der Waals surface area contributed by atoms with Crippen LogP contribution < -0.4 is 10.3 Å². The molecule has 31 heavy (non-hydrogen) atoms. The van der Waals surface area contributed by atoms with E-state index in [0.29, 0.717) is 35.9 Å². The van der Waals surface area contributed by atoms with Crippen molar-refractivity contribution < 1.29 is 19.2 Å². The number of rotatable bonds is 4. The van der Waals surface area contributed by atoms with Crippen molar-refractivity contribution in [2.24, 2.45) is 5.92 Å². The Labute approximate surface area is 176 Å². The van der Waals surface area contributed by atoms with Gasteiger partial charge in [0.25, 0.3) is 5.69 Å². The van der Waals surface area contributed by atoms with Crippen LogP contribution in [0.25, 0.3) is 16.6 Å². The minimum Gasteiger partial charge on any atom is -0.477 e. The molecule has 2 heterocycles. The summed E-state index contributed by atoms with van der Waals surface area (Å²) in [6.07, 6.45) is 3.02. The topological polar surface area (TPSA) is 106 Å². The van der Waals surface area contributed by atoms with Crippen molar-refractivity contribution in [1.29, 1.82) is 0 Å². The molecule has 0 amide bonds. The standard InChI is InChI=1S/C22H20FN3O5/c1-13-6-8-24(9-7-13)20-11-19-16(10-18(20)23)21(27)17(22(28)29)12-25(19)14-2-4-15(5-3-14)26(30)31/h2-5,10-13H,6-9H2,1H3,(H,28,29). The lowest BCUT2D eigenvalue weighted by Crippen LogP contribution is -2.33. The Hall–Kier alpha value is -3.75. The number of piperidine rings is 1. The number of anilines is 1. The van der Waals surface area contributed by atoms with Gasteiger partial charge in [-0.05, 0) is 43.0 Å². The summed E-state index contributed by atoms with van der Waals surface area (Å²) in [6.45, 7) is 3.50. The van der Waals surface area contributed by atoms with Crippen molar-refractivity contribution in [1.82, 2.24) is 4.57 Å². The van der Waals surface area contributed by atoms with Crippen molar-refractivity contribution in [2.45, 2.75) is 19.8 Å². The normalized spacial score (nSPS) is 14.7. The minimum absolute atomic E-state index is 0.0649. The fourth-order valence-corrected chi connectivity index (χ4v) is 3.93. The lowest BCUT2D eigenvalue weighted by molar-refractivity contribution is -0.384. The molecule has 1 aliphatic heterocycles. The molecule has 0 aliphatic carbocycles. The van der Waals surface area contributed by atoms with Crippen molar-refractivity contribution in [3.63, 3.8) is 0 Å². The molecule has 0 saturated carbocycles. The molecule has 160 valence electrons. The van der Waals surface area contributed by atoms with E-state index in [1.165, 1.54) is 35.0 Å². The van der Waals surface area contributed by atoms with Crippen LogP contribution in [0.4, 0.5) is 15.8 Å². The van der Waals surface area contributed by atoms with E-state index in [0.717, 1.165) is 18.9 Å². The third-order valence-corrected chi connectivity index (χ3v) is 5.77. The van der Waals surface area contributed by atoms with Crippen LogP contribution in [-0.4, -0.2) is 33.7 Å². The average Bonchev–Trinajstić information content (AvgIpc) is 2.74. The van der Waals surface area contributed by atoms with Gasteiger partial charge in [0, 0.05) is 42.5 Å². The van der Waals surface area contributed by atoms with E-state index in [1.807, 2.05) is 4.90 Å². The smallest absolute Gasteiger partial charge is 0.341 e. The van der Waals surface area contributed by atoms with E-state index in [-0.39, 0.29) is 11.1 Å². The fourth-order valence-electron chi connectivity index (χ4n) is 3.93. The average molecular weight is 425 g/mol. The Morgan fingerprint density at radius 2 is 1.84 bits per heavy atom. The first-order valence-electron chi connectivity index (χ1n) is 9.88. The number of aromatic carboxylic acids is 1. The maximum absolute atomic E-state index is 15.0. The number of carbonyl (C=O) groups is 1. The van der Waals surface area contributed by atoms with Crippen LogP contribution in [0.5, 0.6) is 0 Å². The molecule has 1 saturated heterocycles. The number of fused-ring (bicyclic) bond motifs is 1. The number of nitro groups is 1. The maximum Gasteiger partial charge on any atom is 0.341 e. The highest BCUT2D eigenvalue weighted by Gasteiger charge is 2.22. The number of benzene rings is 2. The molecule has 8 nitrogen and oxygen atoms in total. The van der Waals surface area contributed by atoms with E-state index in [9.17, 15) is 29.2 Å². The molecule has 1 N–H and O–H groups in total. The Kier molecular flexibility index (Phi) is 5.18. The Balaban J connectivity index is 1.95. The first-order chi connectivity index (χ1) is 14.8. The van der Waals surface area contributed by atoms with E-state index in [1.54, 1.807) is 6.07 Å². The molecule has 1 fully saturated rings. The number of nitro benzene ring substituents is 1. The predicted molar refractivity (Wildman–Crippen MR) is 114 cm³/mol. The number of non-ortho nitro benzene ring substituents is 1. The summed E-state index contributed by atoms with van der Waals surface area (Å²) < 4.78 is 16.4. The molecule has 0 unspecified atom stereocenters. The number of aromatic nitrogens is 1. The number of carboxylic acids is 1. The SMILES string of the molecule is CC1CCN(c2cc3c(cc2F)c(=O)c(C(=O)O)cn3-c2ccc([N+](=O)[O-])cc2)CC1. The summed E-state index contributed by atoms with van der Waals surface area (Å²) in [6, 6.07) is 8.12. The fraction of sp³-hybridized carbons (Fsp3) is 0.273. The van der Waals surface area contributed by atoms with Gasteiger partial charge in [-0.15, -0.1) is 0 Å². The molecule has 3 aromatic rings. The van der Waals surface area contributed by atoms with Crippen LogP contribution in [0.3, 0.4) is 0 Å². The van der Waals surface area contributed by atoms with Crippen molar-refractivity contribution in [3.05, 3.63) is 74.3 Å². The van der Waals surface area contributed by atoms with Gasteiger partial charge >= 0.3 is 5.97 Å². The monoisotopic (exact) mass is 425 g/mol. The molecule has 0 radical (unpaired) electrons. The minimum atomic E-state index is -1.43. The summed E-state index contributed by atoms with van der Waals surface area (Å²) in [4.78, 5) is 36.7.